The number of nitrogens with zero attached hydrogens (tertiary/aromatic N) is 3. The Balaban J connectivity index is 1.49. The van der Waals surface area contributed by atoms with Gasteiger partial charge in [0.05, 0.1) is 17.3 Å². The highest BCUT2D eigenvalue weighted by Crippen LogP contribution is 2.37. The number of hydrogen-bond acceptors (Lipinski definition) is 8. The van der Waals surface area contributed by atoms with Gasteiger partial charge in [-0.3, -0.25) is 9.52 Å². The van der Waals surface area contributed by atoms with E-state index in [2.05, 4.69) is 60.1 Å². The van der Waals surface area contributed by atoms with E-state index in [1.165, 1.54) is 18.1 Å². The largest absolute Gasteiger partial charge is 0.339 e. The van der Waals surface area contributed by atoms with E-state index in [0.29, 0.717) is 34.1 Å². The van der Waals surface area contributed by atoms with Gasteiger partial charge in [0.25, 0.3) is 5.91 Å². The average molecular weight is 664 g/mol. The molecule has 1 amide bonds. The third-order valence-electron chi connectivity index (χ3n) is 6.09. The summed E-state index contributed by atoms with van der Waals surface area (Å²) in [5.41, 5.74) is 3.77. The number of rotatable bonds is 9. The number of aromatic nitrogens is 3. The molecule has 0 spiro atoms. The van der Waals surface area contributed by atoms with Crippen molar-refractivity contribution in [2.75, 3.05) is 21.6 Å². The molecule has 3 N–H and O–H groups in total. The van der Waals surface area contributed by atoms with Crippen LogP contribution in [0, 0.1) is 0 Å². The lowest BCUT2D eigenvalue weighted by Crippen LogP contribution is -2.12. The minimum Gasteiger partial charge on any atom is -0.339 e. The molecule has 3 aromatic carbocycles. The Bertz CT molecular complexity index is 1870. The number of amides is 1. The summed E-state index contributed by atoms with van der Waals surface area (Å²) in [6, 6.07) is 23.7. The smallest absolute Gasteiger partial charge is 0.255 e. The topological polar surface area (TPSA) is 126 Å². The third kappa shape index (κ3) is 7.44. The fraction of sp³-hybridized carbons (Fsp3) is 0.133. The second-order valence-electron chi connectivity index (χ2n) is 9.78. The van der Waals surface area contributed by atoms with E-state index in [-0.39, 0.29) is 11.8 Å². The zero-order chi connectivity index (χ0) is 29.9. The monoisotopic (exact) mass is 662 g/mol. The second-order valence-corrected chi connectivity index (χ2v) is 13.6. The minimum absolute atomic E-state index is 0.253. The van der Waals surface area contributed by atoms with E-state index < -0.39 is 10.0 Å². The molecular weight excluding hydrogens is 636 g/mol. The lowest BCUT2D eigenvalue weighted by molar-refractivity contribution is 0.102. The zero-order valence-corrected chi connectivity index (χ0v) is 26.1. The first-order valence-electron chi connectivity index (χ1n) is 12.9. The second kappa shape index (κ2) is 12.5. The molecule has 0 bridgehead atoms. The van der Waals surface area contributed by atoms with Crippen LogP contribution in [-0.4, -0.2) is 35.5 Å². The van der Waals surface area contributed by atoms with Crippen LogP contribution in [0.5, 0.6) is 0 Å². The molecule has 42 heavy (non-hydrogen) atoms. The van der Waals surface area contributed by atoms with Crippen molar-refractivity contribution >= 4 is 77.5 Å². The molecule has 2 heterocycles. The van der Waals surface area contributed by atoms with Crippen LogP contribution < -0.4 is 15.4 Å². The molecule has 0 aliphatic carbocycles. The standard InChI is InChI=1S/C30H27BrN6O3S2/c1-18(2)25-14-13-24-28(35-25)32-17-33-29(24)36-26-16-19(30(38)34-21-7-5-20(31)6-8-21)4-15-27(26)41-23-11-9-22(10-12-23)37-42(3,39)40/h4-18,37H,1-3H3,(H,34,38)(H,32,33,35,36). The van der Waals surface area contributed by atoms with Crippen molar-refractivity contribution in [3.8, 4) is 0 Å². The number of sulfonamides is 1. The van der Waals surface area contributed by atoms with Crippen molar-refractivity contribution < 1.29 is 13.2 Å². The van der Waals surface area contributed by atoms with Crippen molar-refractivity contribution in [1.29, 1.82) is 0 Å². The Labute approximate surface area is 256 Å². The van der Waals surface area contributed by atoms with Crippen LogP contribution >= 0.6 is 27.7 Å². The molecule has 214 valence electrons. The third-order valence-corrected chi connectivity index (χ3v) is 8.31. The van der Waals surface area contributed by atoms with Crippen molar-refractivity contribution in [3.63, 3.8) is 0 Å². The van der Waals surface area contributed by atoms with E-state index in [9.17, 15) is 13.2 Å². The van der Waals surface area contributed by atoms with Crippen molar-refractivity contribution in [2.45, 2.75) is 29.6 Å². The maximum absolute atomic E-state index is 13.2. The fourth-order valence-electron chi connectivity index (χ4n) is 4.03. The molecule has 0 aliphatic heterocycles. The van der Waals surface area contributed by atoms with Crippen LogP contribution in [0.1, 0.15) is 35.8 Å². The maximum Gasteiger partial charge on any atom is 0.255 e. The van der Waals surface area contributed by atoms with Gasteiger partial charge in [0.1, 0.15) is 12.1 Å². The van der Waals surface area contributed by atoms with E-state index in [4.69, 9.17) is 0 Å². The number of carbonyl (C=O) groups is 1. The number of anilines is 4. The van der Waals surface area contributed by atoms with E-state index in [1.807, 2.05) is 54.6 Å². The molecule has 0 unspecified atom stereocenters. The summed E-state index contributed by atoms with van der Waals surface area (Å²) in [5.74, 6) is 0.551. The van der Waals surface area contributed by atoms with Crippen LogP contribution in [0.25, 0.3) is 11.0 Å². The number of halogens is 1. The molecule has 12 heteroatoms. The molecule has 2 aromatic heterocycles. The number of nitrogens with one attached hydrogen (secondary N) is 3. The Morgan fingerprint density at radius 1 is 0.905 bits per heavy atom. The Morgan fingerprint density at radius 2 is 1.62 bits per heavy atom. The van der Waals surface area contributed by atoms with E-state index in [0.717, 1.165) is 31.6 Å². The summed E-state index contributed by atoms with van der Waals surface area (Å²) in [6.45, 7) is 4.15. The molecular formula is C30H27BrN6O3S2. The van der Waals surface area contributed by atoms with Gasteiger partial charge in [-0.25, -0.2) is 23.4 Å². The highest BCUT2D eigenvalue weighted by molar-refractivity contribution is 9.10. The molecule has 0 fully saturated rings. The lowest BCUT2D eigenvalue weighted by atomic mass is 10.1. The molecule has 0 saturated carbocycles. The Morgan fingerprint density at radius 3 is 2.31 bits per heavy atom. The van der Waals surface area contributed by atoms with Gasteiger partial charge >= 0.3 is 0 Å². The van der Waals surface area contributed by atoms with Gasteiger partial charge < -0.3 is 10.6 Å². The normalized spacial score (nSPS) is 11.5. The molecule has 0 atom stereocenters. The van der Waals surface area contributed by atoms with Gasteiger partial charge in [0.15, 0.2) is 5.65 Å². The van der Waals surface area contributed by atoms with Crippen molar-refractivity contribution in [1.82, 2.24) is 15.0 Å². The summed E-state index contributed by atoms with van der Waals surface area (Å²) in [5, 5.41) is 7.08. The first-order chi connectivity index (χ1) is 20.0. The highest BCUT2D eigenvalue weighted by Gasteiger charge is 2.15. The SMILES string of the molecule is CC(C)c1ccc2c(Nc3cc(C(=O)Nc4ccc(Br)cc4)ccc3Sc3ccc(NS(C)(=O)=O)cc3)ncnc2n1. The Kier molecular flexibility index (Phi) is 8.76. The number of pyridine rings is 1. The highest BCUT2D eigenvalue weighted by atomic mass is 79.9. The molecule has 0 radical (unpaired) electrons. The quantitative estimate of drug-likeness (QED) is 0.149. The Hall–Kier alpha value is -4.00. The predicted octanol–water partition coefficient (Wildman–Crippen LogP) is 7.43. The van der Waals surface area contributed by atoms with Crippen molar-refractivity contribution in [3.05, 3.63) is 101 Å². The van der Waals surface area contributed by atoms with Crippen LogP contribution in [-0.2, 0) is 10.0 Å². The van der Waals surface area contributed by atoms with E-state index in [1.54, 1.807) is 24.3 Å². The number of hydrogen-bond donors (Lipinski definition) is 3. The van der Waals surface area contributed by atoms with Crippen LogP contribution in [0.4, 0.5) is 22.9 Å². The first kappa shape index (κ1) is 29.5. The number of benzene rings is 3. The summed E-state index contributed by atoms with van der Waals surface area (Å²) in [4.78, 5) is 28.4. The van der Waals surface area contributed by atoms with Gasteiger partial charge in [0, 0.05) is 36.9 Å². The molecule has 9 nitrogen and oxygen atoms in total. The number of fused-ring (bicyclic) bond motifs is 1. The fourth-order valence-corrected chi connectivity index (χ4v) is 5.74. The summed E-state index contributed by atoms with van der Waals surface area (Å²) in [6.07, 6.45) is 2.57. The summed E-state index contributed by atoms with van der Waals surface area (Å²) in [7, 11) is -3.38. The van der Waals surface area contributed by atoms with Gasteiger partial charge in [-0.1, -0.05) is 41.5 Å². The lowest BCUT2D eigenvalue weighted by Gasteiger charge is -2.15. The summed E-state index contributed by atoms with van der Waals surface area (Å²) >= 11 is 4.87. The van der Waals surface area contributed by atoms with Crippen LogP contribution in [0.3, 0.4) is 0 Å². The maximum atomic E-state index is 13.2. The molecule has 0 saturated heterocycles. The van der Waals surface area contributed by atoms with E-state index >= 15 is 0 Å². The summed E-state index contributed by atoms with van der Waals surface area (Å²) < 4.78 is 26.6. The van der Waals surface area contributed by atoms with Crippen LogP contribution in [0.15, 0.2) is 99.5 Å². The minimum atomic E-state index is -3.38. The average Bonchev–Trinajstić information content (AvgIpc) is 2.95. The first-order valence-corrected chi connectivity index (χ1v) is 16.4. The number of carbonyl (C=O) groups excluding carboxylic acids is 1. The molecule has 5 rings (SSSR count). The van der Waals surface area contributed by atoms with Gasteiger partial charge in [0.2, 0.25) is 10.0 Å². The van der Waals surface area contributed by atoms with Gasteiger partial charge in [-0.2, -0.15) is 0 Å². The molecule has 5 aromatic rings. The molecule has 0 aliphatic rings. The van der Waals surface area contributed by atoms with Gasteiger partial charge in [-0.05, 0) is 84.8 Å². The zero-order valence-electron chi connectivity index (χ0n) is 22.9. The predicted molar refractivity (Wildman–Crippen MR) is 172 cm³/mol. The van der Waals surface area contributed by atoms with Crippen LogP contribution in [0.2, 0.25) is 0 Å². The van der Waals surface area contributed by atoms with Crippen molar-refractivity contribution in [2.24, 2.45) is 0 Å². The van der Waals surface area contributed by atoms with Gasteiger partial charge in [-0.15, -0.1) is 0 Å².